The van der Waals surface area contributed by atoms with Crippen molar-refractivity contribution in [2.24, 2.45) is 0 Å². The van der Waals surface area contributed by atoms with Crippen LogP contribution in [0.15, 0.2) is 146 Å². The number of fused-ring (bicyclic) bond motifs is 8. The normalized spacial score (nSPS) is 11.7. The Morgan fingerprint density at radius 2 is 0.884 bits per heavy atom. The fourth-order valence-corrected chi connectivity index (χ4v) is 6.40. The van der Waals surface area contributed by atoms with E-state index in [4.69, 9.17) is 15.0 Å². The first-order valence-electron chi connectivity index (χ1n) is 14.5. The van der Waals surface area contributed by atoms with Crippen LogP contribution >= 0.6 is 0 Å². The molecule has 2 heterocycles. The van der Waals surface area contributed by atoms with Gasteiger partial charge in [0, 0.05) is 21.9 Å². The van der Waals surface area contributed by atoms with Gasteiger partial charge in [-0.3, -0.25) is 4.57 Å². The van der Waals surface area contributed by atoms with Gasteiger partial charge in [-0.25, -0.2) is 4.98 Å². The molecule has 7 aromatic carbocycles. The van der Waals surface area contributed by atoms with Gasteiger partial charge in [-0.2, -0.15) is 9.97 Å². The lowest BCUT2D eigenvalue weighted by Gasteiger charge is -2.11. The van der Waals surface area contributed by atoms with Gasteiger partial charge >= 0.3 is 0 Å². The molecule has 0 unspecified atom stereocenters. The highest BCUT2D eigenvalue weighted by atomic mass is 15.2. The van der Waals surface area contributed by atoms with Gasteiger partial charge in [0.25, 0.3) is 0 Å². The van der Waals surface area contributed by atoms with Crippen LogP contribution in [0.1, 0.15) is 0 Å². The van der Waals surface area contributed by atoms with Gasteiger partial charge in [0.1, 0.15) is 0 Å². The van der Waals surface area contributed by atoms with E-state index in [1.165, 1.54) is 37.7 Å². The molecule has 0 radical (unpaired) electrons. The van der Waals surface area contributed by atoms with E-state index in [9.17, 15) is 0 Å². The standard InChI is InChI=1S/C39H24N4/c1-2-13-28(14-3-1)37-40-38(30-19-18-25-10-4-5-15-29(25)24-30)42-39(41-37)43-33-22-20-26-11-6-8-16-31(26)35(33)36-32-17-9-7-12-27(32)21-23-34(36)43/h1-24H. The lowest BCUT2D eigenvalue weighted by Crippen LogP contribution is -2.06. The van der Waals surface area contributed by atoms with Crippen LogP contribution in [-0.2, 0) is 0 Å². The predicted octanol–water partition coefficient (Wildman–Crippen LogP) is 9.76. The first-order chi connectivity index (χ1) is 21.3. The largest absolute Gasteiger partial charge is 0.278 e. The zero-order valence-corrected chi connectivity index (χ0v) is 23.1. The van der Waals surface area contributed by atoms with Crippen LogP contribution in [0.3, 0.4) is 0 Å². The first-order valence-corrected chi connectivity index (χ1v) is 14.5. The van der Waals surface area contributed by atoms with E-state index >= 15 is 0 Å². The molecule has 0 atom stereocenters. The highest BCUT2D eigenvalue weighted by Gasteiger charge is 2.20. The van der Waals surface area contributed by atoms with E-state index in [0.717, 1.165) is 27.5 Å². The highest BCUT2D eigenvalue weighted by molar-refractivity contribution is 6.28. The summed E-state index contributed by atoms with van der Waals surface area (Å²) in [5.41, 5.74) is 4.04. The summed E-state index contributed by atoms with van der Waals surface area (Å²) >= 11 is 0. The quantitative estimate of drug-likeness (QED) is 0.221. The number of benzene rings is 7. The molecule has 4 nitrogen and oxygen atoms in total. The summed E-state index contributed by atoms with van der Waals surface area (Å²) in [4.78, 5) is 15.3. The van der Waals surface area contributed by atoms with Crippen molar-refractivity contribution in [2.45, 2.75) is 0 Å². The number of rotatable bonds is 3. The number of nitrogens with zero attached hydrogens (tertiary/aromatic N) is 4. The van der Waals surface area contributed by atoms with E-state index < -0.39 is 0 Å². The number of aromatic nitrogens is 4. The lowest BCUT2D eigenvalue weighted by molar-refractivity contribution is 0.954. The minimum atomic E-state index is 0.600. The van der Waals surface area contributed by atoms with E-state index in [2.05, 4.69) is 132 Å². The number of hydrogen-bond acceptors (Lipinski definition) is 3. The Hall–Kier alpha value is -5.87. The van der Waals surface area contributed by atoms with Gasteiger partial charge < -0.3 is 0 Å². The highest BCUT2D eigenvalue weighted by Crippen LogP contribution is 2.40. The summed E-state index contributed by atoms with van der Waals surface area (Å²) in [6.45, 7) is 0. The van der Waals surface area contributed by atoms with Gasteiger partial charge in [0.15, 0.2) is 11.6 Å². The summed E-state index contributed by atoms with van der Waals surface area (Å²) in [6, 6.07) is 50.9. The van der Waals surface area contributed by atoms with Crippen molar-refractivity contribution < 1.29 is 0 Å². The minimum Gasteiger partial charge on any atom is -0.278 e. The van der Waals surface area contributed by atoms with Crippen LogP contribution in [0.25, 0.3) is 82.8 Å². The molecule has 0 N–H and O–H groups in total. The number of hydrogen-bond donors (Lipinski definition) is 0. The summed E-state index contributed by atoms with van der Waals surface area (Å²) in [7, 11) is 0. The Kier molecular flexibility index (Phi) is 5.16. The van der Waals surface area contributed by atoms with Gasteiger partial charge in [-0.1, -0.05) is 127 Å². The van der Waals surface area contributed by atoms with Crippen molar-refractivity contribution in [3.63, 3.8) is 0 Å². The lowest BCUT2D eigenvalue weighted by atomic mass is 10.00. The molecule has 0 saturated heterocycles. The second-order valence-electron chi connectivity index (χ2n) is 10.9. The van der Waals surface area contributed by atoms with Crippen LogP contribution < -0.4 is 0 Å². The van der Waals surface area contributed by atoms with Gasteiger partial charge in [-0.05, 0) is 50.5 Å². The predicted molar refractivity (Wildman–Crippen MR) is 178 cm³/mol. The fraction of sp³-hybridized carbons (Fsp3) is 0. The molecule has 0 spiro atoms. The molecule has 0 saturated carbocycles. The SMILES string of the molecule is c1ccc(-c2nc(-c3ccc4ccccc4c3)nc(-n3c4ccc5ccccc5c4c4c5ccccc5ccc43)n2)cc1. The van der Waals surface area contributed by atoms with Gasteiger partial charge in [-0.15, -0.1) is 0 Å². The molecule has 9 aromatic rings. The third kappa shape index (κ3) is 3.74. The molecule has 2 aromatic heterocycles. The van der Waals surface area contributed by atoms with Crippen LogP contribution in [0.2, 0.25) is 0 Å². The molecule has 4 heteroatoms. The van der Waals surface area contributed by atoms with Gasteiger partial charge in [0.2, 0.25) is 5.95 Å². The molecule has 0 aliphatic rings. The Morgan fingerprint density at radius 1 is 0.372 bits per heavy atom. The maximum atomic E-state index is 5.18. The second kappa shape index (κ2) is 9.33. The van der Waals surface area contributed by atoms with Crippen LogP contribution in [0, 0.1) is 0 Å². The van der Waals surface area contributed by atoms with Crippen molar-refractivity contribution in [1.82, 2.24) is 19.5 Å². The first kappa shape index (κ1) is 23.8. The second-order valence-corrected chi connectivity index (χ2v) is 10.9. The van der Waals surface area contributed by atoms with E-state index in [0.29, 0.717) is 17.6 Å². The van der Waals surface area contributed by atoms with Gasteiger partial charge in [0.05, 0.1) is 11.0 Å². The molecular formula is C39H24N4. The molecule has 0 bridgehead atoms. The summed E-state index contributed by atoms with van der Waals surface area (Å²) in [5.74, 6) is 1.89. The topological polar surface area (TPSA) is 43.6 Å². The van der Waals surface area contributed by atoms with Crippen molar-refractivity contribution in [3.8, 4) is 28.7 Å². The summed E-state index contributed by atoms with van der Waals surface area (Å²) in [6.07, 6.45) is 0. The Labute approximate surface area is 247 Å². The van der Waals surface area contributed by atoms with Crippen LogP contribution in [0.4, 0.5) is 0 Å². The molecule has 0 fully saturated rings. The van der Waals surface area contributed by atoms with Crippen LogP contribution in [-0.4, -0.2) is 19.5 Å². The van der Waals surface area contributed by atoms with E-state index in [1.54, 1.807) is 0 Å². The maximum absolute atomic E-state index is 5.18. The minimum absolute atomic E-state index is 0.600. The zero-order chi connectivity index (χ0) is 28.3. The maximum Gasteiger partial charge on any atom is 0.238 e. The average Bonchev–Trinajstić information content (AvgIpc) is 3.44. The van der Waals surface area contributed by atoms with Crippen molar-refractivity contribution in [2.75, 3.05) is 0 Å². The van der Waals surface area contributed by atoms with E-state index in [1.807, 2.05) is 18.2 Å². The molecule has 9 rings (SSSR count). The Balaban J connectivity index is 1.41. The fourth-order valence-electron chi connectivity index (χ4n) is 6.40. The summed E-state index contributed by atoms with van der Waals surface area (Å²) in [5, 5.41) is 9.60. The van der Waals surface area contributed by atoms with Crippen molar-refractivity contribution >= 4 is 54.1 Å². The van der Waals surface area contributed by atoms with Crippen molar-refractivity contribution in [1.29, 1.82) is 0 Å². The third-order valence-electron chi connectivity index (χ3n) is 8.41. The van der Waals surface area contributed by atoms with E-state index in [-0.39, 0.29) is 0 Å². The smallest absolute Gasteiger partial charge is 0.238 e. The molecule has 0 aliphatic carbocycles. The summed E-state index contributed by atoms with van der Waals surface area (Å²) < 4.78 is 2.21. The Bertz CT molecular complexity index is 2420. The van der Waals surface area contributed by atoms with Crippen LogP contribution in [0.5, 0.6) is 0 Å². The molecular weight excluding hydrogens is 524 g/mol. The average molecular weight is 549 g/mol. The molecule has 200 valence electrons. The molecule has 0 amide bonds. The molecule has 43 heavy (non-hydrogen) atoms. The zero-order valence-electron chi connectivity index (χ0n) is 23.1. The Morgan fingerprint density at radius 3 is 1.53 bits per heavy atom. The third-order valence-corrected chi connectivity index (χ3v) is 8.41. The monoisotopic (exact) mass is 548 g/mol. The molecule has 0 aliphatic heterocycles. The van der Waals surface area contributed by atoms with Crippen molar-refractivity contribution in [3.05, 3.63) is 146 Å².